The number of aromatic nitrogens is 3. The van der Waals surface area contributed by atoms with E-state index in [9.17, 15) is 0 Å². The Morgan fingerprint density at radius 1 is 1.29 bits per heavy atom. The number of rotatable bonds is 5. The van der Waals surface area contributed by atoms with E-state index in [1.165, 1.54) is 5.56 Å². The first kappa shape index (κ1) is 16.2. The quantitative estimate of drug-likeness (QED) is 0.893. The van der Waals surface area contributed by atoms with Crippen LogP contribution in [0.25, 0.3) is 5.69 Å². The van der Waals surface area contributed by atoms with Crippen molar-refractivity contribution in [1.82, 2.24) is 20.1 Å². The van der Waals surface area contributed by atoms with Crippen LogP contribution in [-0.4, -0.2) is 21.3 Å². The number of pyridine rings is 1. The number of hydrogen-bond acceptors (Lipinski definition) is 3. The predicted octanol–water partition coefficient (Wildman–Crippen LogP) is 3.70. The van der Waals surface area contributed by atoms with Crippen LogP contribution in [0.4, 0.5) is 0 Å². The van der Waals surface area contributed by atoms with Gasteiger partial charge in [-0.15, -0.1) is 0 Å². The maximum absolute atomic E-state index is 4.64. The normalized spacial score (nSPS) is 11.4. The van der Waals surface area contributed by atoms with Crippen molar-refractivity contribution in [3.05, 3.63) is 39.4 Å². The largest absolute Gasteiger partial charge is 0.312 e. The van der Waals surface area contributed by atoms with Crippen LogP contribution >= 0.6 is 15.9 Å². The molecule has 2 rings (SSSR count). The van der Waals surface area contributed by atoms with E-state index >= 15 is 0 Å². The Balaban J connectivity index is 2.37. The smallest absolute Gasteiger partial charge is 0.0743 e. The summed E-state index contributed by atoms with van der Waals surface area (Å²) in [7, 11) is 0. The van der Waals surface area contributed by atoms with E-state index in [4.69, 9.17) is 0 Å². The van der Waals surface area contributed by atoms with Gasteiger partial charge in [0.15, 0.2) is 0 Å². The van der Waals surface area contributed by atoms with Crippen LogP contribution in [0.5, 0.6) is 0 Å². The number of aryl methyl sites for hydroxylation is 2. The van der Waals surface area contributed by atoms with Crippen molar-refractivity contribution in [2.45, 2.75) is 41.2 Å². The fourth-order valence-electron chi connectivity index (χ4n) is 2.26. The highest BCUT2D eigenvalue weighted by atomic mass is 79.9. The van der Waals surface area contributed by atoms with Crippen LogP contribution in [0.2, 0.25) is 0 Å². The molecule has 0 aliphatic heterocycles. The van der Waals surface area contributed by atoms with Crippen molar-refractivity contribution in [2.75, 3.05) is 6.54 Å². The van der Waals surface area contributed by atoms with E-state index < -0.39 is 0 Å². The minimum absolute atomic E-state index is 0.634. The zero-order valence-corrected chi connectivity index (χ0v) is 15.0. The molecule has 0 fully saturated rings. The van der Waals surface area contributed by atoms with Gasteiger partial charge in [-0.1, -0.05) is 13.8 Å². The van der Waals surface area contributed by atoms with Crippen molar-refractivity contribution in [1.29, 1.82) is 0 Å². The molecular weight excluding hydrogens is 328 g/mol. The fourth-order valence-corrected chi connectivity index (χ4v) is 2.51. The van der Waals surface area contributed by atoms with Crippen LogP contribution in [0.3, 0.4) is 0 Å². The number of hydrogen-bond donors (Lipinski definition) is 1. The lowest BCUT2D eigenvalue weighted by Gasteiger charge is -2.13. The highest BCUT2D eigenvalue weighted by molar-refractivity contribution is 9.10. The maximum Gasteiger partial charge on any atom is 0.0743 e. The molecule has 2 heterocycles. The van der Waals surface area contributed by atoms with E-state index in [0.717, 1.165) is 40.3 Å². The zero-order valence-electron chi connectivity index (χ0n) is 13.4. The summed E-state index contributed by atoms with van der Waals surface area (Å²) < 4.78 is 3.07. The maximum atomic E-state index is 4.64. The van der Waals surface area contributed by atoms with Crippen molar-refractivity contribution in [2.24, 2.45) is 5.92 Å². The Kier molecular flexibility index (Phi) is 5.17. The van der Waals surface area contributed by atoms with E-state index in [1.807, 2.05) is 24.7 Å². The van der Waals surface area contributed by atoms with E-state index in [0.29, 0.717) is 5.92 Å². The Hall–Kier alpha value is -1.20. The fraction of sp³-hybridized carbons (Fsp3) is 0.500. The van der Waals surface area contributed by atoms with Gasteiger partial charge in [0.2, 0.25) is 0 Å². The summed E-state index contributed by atoms with van der Waals surface area (Å²) in [6, 6.07) is 2.10. The molecule has 0 bridgehead atoms. The standard InChI is InChI=1S/C16H23BrN4/c1-10(2)7-18-8-14-9-19-11(3)6-15(14)21-13(5)16(17)12(4)20-21/h6,9-10,18H,7-8H2,1-5H3. The van der Waals surface area contributed by atoms with Gasteiger partial charge in [0.25, 0.3) is 0 Å². The molecule has 4 nitrogen and oxygen atoms in total. The molecule has 0 saturated carbocycles. The third kappa shape index (κ3) is 3.71. The molecule has 0 aliphatic rings. The molecule has 0 aliphatic carbocycles. The SMILES string of the molecule is Cc1cc(-n2nc(C)c(Br)c2C)c(CNCC(C)C)cn1. The summed E-state index contributed by atoms with van der Waals surface area (Å²) in [5, 5.41) is 8.12. The molecule has 2 aromatic rings. The van der Waals surface area contributed by atoms with Crippen LogP contribution < -0.4 is 5.32 Å². The molecular formula is C16H23BrN4. The van der Waals surface area contributed by atoms with Crippen LogP contribution in [0.15, 0.2) is 16.7 Å². The molecule has 0 amide bonds. The average molecular weight is 351 g/mol. The van der Waals surface area contributed by atoms with Gasteiger partial charge in [0, 0.05) is 24.0 Å². The molecule has 114 valence electrons. The third-order valence-electron chi connectivity index (χ3n) is 3.40. The first-order valence-electron chi connectivity index (χ1n) is 7.28. The number of nitrogens with zero attached hydrogens (tertiary/aromatic N) is 3. The lowest BCUT2D eigenvalue weighted by atomic mass is 10.2. The van der Waals surface area contributed by atoms with Gasteiger partial charge in [-0.05, 0) is 55.2 Å². The third-order valence-corrected chi connectivity index (χ3v) is 4.55. The summed E-state index contributed by atoms with van der Waals surface area (Å²) in [5.74, 6) is 0.634. The van der Waals surface area contributed by atoms with E-state index in [1.54, 1.807) is 0 Å². The van der Waals surface area contributed by atoms with Crippen molar-refractivity contribution >= 4 is 15.9 Å². The average Bonchev–Trinajstić information content (AvgIpc) is 2.68. The topological polar surface area (TPSA) is 42.7 Å². The van der Waals surface area contributed by atoms with Crippen LogP contribution in [0, 0.1) is 26.7 Å². The number of halogens is 1. The molecule has 0 radical (unpaired) electrons. The van der Waals surface area contributed by atoms with Gasteiger partial charge < -0.3 is 5.32 Å². The first-order valence-corrected chi connectivity index (χ1v) is 8.07. The van der Waals surface area contributed by atoms with Crippen molar-refractivity contribution in [3.63, 3.8) is 0 Å². The van der Waals surface area contributed by atoms with Gasteiger partial charge in [-0.2, -0.15) is 5.10 Å². The van der Waals surface area contributed by atoms with Gasteiger partial charge in [0.1, 0.15) is 0 Å². The molecule has 2 aromatic heterocycles. The molecule has 0 unspecified atom stereocenters. The Labute approximate surface area is 135 Å². The predicted molar refractivity (Wildman–Crippen MR) is 89.8 cm³/mol. The Morgan fingerprint density at radius 2 is 2.00 bits per heavy atom. The highest BCUT2D eigenvalue weighted by Gasteiger charge is 2.14. The second-order valence-corrected chi connectivity index (χ2v) is 6.67. The minimum Gasteiger partial charge on any atom is -0.312 e. The minimum atomic E-state index is 0.634. The summed E-state index contributed by atoms with van der Waals surface area (Å²) in [5.41, 5.74) is 5.39. The van der Waals surface area contributed by atoms with Gasteiger partial charge in [0.05, 0.1) is 21.5 Å². The van der Waals surface area contributed by atoms with Gasteiger partial charge in [-0.3, -0.25) is 4.98 Å². The molecule has 0 spiro atoms. The lowest BCUT2D eigenvalue weighted by Crippen LogP contribution is -2.20. The van der Waals surface area contributed by atoms with Crippen LogP contribution in [-0.2, 0) is 6.54 Å². The van der Waals surface area contributed by atoms with Crippen LogP contribution in [0.1, 0.15) is 36.5 Å². The molecule has 1 N–H and O–H groups in total. The summed E-state index contributed by atoms with van der Waals surface area (Å²) >= 11 is 3.60. The van der Waals surface area contributed by atoms with Crippen molar-refractivity contribution < 1.29 is 0 Å². The summed E-state index contributed by atoms with van der Waals surface area (Å²) in [6.45, 7) is 12.3. The Morgan fingerprint density at radius 3 is 2.57 bits per heavy atom. The number of nitrogens with one attached hydrogen (secondary N) is 1. The van der Waals surface area contributed by atoms with Gasteiger partial charge >= 0.3 is 0 Å². The van der Waals surface area contributed by atoms with Crippen molar-refractivity contribution in [3.8, 4) is 5.69 Å². The monoisotopic (exact) mass is 350 g/mol. The second kappa shape index (κ2) is 6.71. The second-order valence-electron chi connectivity index (χ2n) is 5.88. The molecule has 0 saturated heterocycles. The lowest BCUT2D eigenvalue weighted by molar-refractivity contribution is 0.550. The summed E-state index contributed by atoms with van der Waals surface area (Å²) in [4.78, 5) is 4.43. The summed E-state index contributed by atoms with van der Waals surface area (Å²) in [6.07, 6.45) is 1.95. The molecule has 0 aromatic carbocycles. The van der Waals surface area contributed by atoms with Gasteiger partial charge in [-0.25, -0.2) is 4.68 Å². The first-order chi connectivity index (χ1) is 9.90. The molecule has 5 heteroatoms. The molecule has 21 heavy (non-hydrogen) atoms. The Bertz CT molecular complexity index is 631. The highest BCUT2D eigenvalue weighted by Crippen LogP contribution is 2.24. The van der Waals surface area contributed by atoms with E-state index in [2.05, 4.69) is 58.2 Å². The van der Waals surface area contributed by atoms with E-state index in [-0.39, 0.29) is 0 Å². The zero-order chi connectivity index (χ0) is 15.6. The molecule has 0 atom stereocenters.